The second kappa shape index (κ2) is 6.99. The van der Waals surface area contributed by atoms with E-state index in [-0.39, 0.29) is 11.8 Å². The van der Waals surface area contributed by atoms with Gasteiger partial charge in [0.15, 0.2) is 0 Å². The number of nitrogens with zero attached hydrogens (tertiary/aromatic N) is 1. The van der Waals surface area contributed by atoms with Crippen LogP contribution >= 0.6 is 22.6 Å². The predicted molar refractivity (Wildman–Crippen MR) is 98.8 cm³/mol. The molecule has 118 valence electrons. The highest BCUT2D eigenvalue weighted by Crippen LogP contribution is 2.19. The Balaban J connectivity index is 1.67. The van der Waals surface area contributed by atoms with Gasteiger partial charge in [0.1, 0.15) is 0 Å². The van der Waals surface area contributed by atoms with Gasteiger partial charge in [-0.25, -0.2) is 0 Å². The highest BCUT2D eigenvalue weighted by atomic mass is 127. The largest absolute Gasteiger partial charge is 0.360 e. The van der Waals surface area contributed by atoms with Gasteiger partial charge in [-0.3, -0.25) is 9.59 Å². The second-order valence-electron chi connectivity index (χ2n) is 5.28. The number of piperazine rings is 1. The first kappa shape index (κ1) is 15.8. The van der Waals surface area contributed by atoms with Gasteiger partial charge in [-0.2, -0.15) is 0 Å². The van der Waals surface area contributed by atoms with Crippen molar-refractivity contribution in [1.82, 2.24) is 5.32 Å². The number of anilines is 2. The number of hydrogen-bond acceptors (Lipinski definition) is 3. The van der Waals surface area contributed by atoms with Gasteiger partial charge < -0.3 is 15.5 Å². The molecule has 5 nitrogen and oxygen atoms in total. The molecule has 0 aliphatic carbocycles. The number of nitrogens with one attached hydrogen (secondary N) is 2. The lowest BCUT2D eigenvalue weighted by molar-refractivity contribution is -0.120. The Hall–Kier alpha value is -2.09. The zero-order valence-electron chi connectivity index (χ0n) is 12.4. The van der Waals surface area contributed by atoms with E-state index in [2.05, 4.69) is 33.2 Å². The molecule has 0 aromatic heterocycles. The molecule has 0 unspecified atom stereocenters. The fourth-order valence-corrected chi connectivity index (χ4v) is 2.99. The van der Waals surface area contributed by atoms with E-state index in [9.17, 15) is 9.59 Å². The van der Waals surface area contributed by atoms with Gasteiger partial charge in [-0.05, 0) is 65.1 Å². The van der Waals surface area contributed by atoms with Crippen molar-refractivity contribution in [2.75, 3.05) is 29.9 Å². The standard InChI is InChI=1S/C17H16IN3O2/c18-13-3-1-2-12(10-13)17(23)20-14-4-6-15(7-5-14)21-9-8-19-16(22)11-21/h1-7,10H,8-9,11H2,(H,19,22)(H,20,23). The summed E-state index contributed by atoms with van der Waals surface area (Å²) in [6, 6.07) is 15.0. The Bertz CT molecular complexity index is 731. The van der Waals surface area contributed by atoms with E-state index in [4.69, 9.17) is 0 Å². The van der Waals surface area contributed by atoms with Crippen LogP contribution in [-0.2, 0) is 4.79 Å². The van der Waals surface area contributed by atoms with Crippen molar-refractivity contribution in [2.24, 2.45) is 0 Å². The number of carbonyl (C=O) groups is 2. The monoisotopic (exact) mass is 421 g/mol. The van der Waals surface area contributed by atoms with Crippen molar-refractivity contribution < 1.29 is 9.59 Å². The summed E-state index contributed by atoms with van der Waals surface area (Å²) in [5.41, 5.74) is 2.35. The van der Waals surface area contributed by atoms with Gasteiger partial charge in [-0.1, -0.05) is 6.07 Å². The van der Waals surface area contributed by atoms with E-state index in [1.165, 1.54) is 0 Å². The molecule has 1 aliphatic heterocycles. The van der Waals surface area contributed by atoms with Crippen LogP contribution in [0.1, 0.15) is 10.4 Å². The molecule has 0 spiro atoms. The van der Waals surface area contributed by atoms with Crippen molar-refractivity contribution >= 4 is 45.8 Å². The van der Waals surface area contributed by atoms with Gasteiger partial charge in [0, 0.05) is 33.6 Å². The molecule has 2 amide bonds. The van der Waals surface area contributed by atoms with Crippen molar-refractivity contribution in [3.05, 3.63) is 57.7 Å². The molecule has 2 aromatic rings. The average molecular weight is 421 g/mol. The molecule has 0 atom stereocenters. The van der Waals surface area contributed by atoms with E-state index >= 15 is 0 Å². The van der Waals surface area contributed by atoms with E-state index in [0.717, 1.165) is 21.5 Å². The van der Waals surface area contributed by atoms with Gasteiger partial charge in [0.05, 0.1) is 6.54 Å². The minimum absolute atomic E-state index is 0.0345. The molecule has 3 rings (SSSR count). The molecular weight excluding hydrogens is 405 g/mol. The zero-order valence-corrected chi connectivity index (χ0v) is 14.5. The van der Waals surface area contributed by atoms with E-state index < -0.39 is 0 Å². The fraction of sp³-hybridized carbons (Fsp3) is 0.176. The number of benzene rings is 2. The van der Waals surface area contributed by atoms with Crippen molar-refractivity contribution in [1.29, 1.82) is 0 Å². The average Bonchev–Trinajstić information content (AvgIpc) is 2.55. The maximum atomic E-state index is 12.2. The molecule has 6 heteroatoms. The summed E-state index contributed by atoms with van der Waals surface area (Å²) in [5.74, 6) is -0.0964. The fourth-order valence-electron chi connectivity index (χ4n) is 2.45. The van der Waals surface area contributed by atoms with Crippen LogP contribution in [0.2, 0.25) is 0 Å². The molecule has 1 fully saturated rings. The summed E-state index contributed by atoms with van der Waals surface area (Å²) in [4.78, 5) is 25.7. The maximum Gasteiger partial charge on any atom is 0.255 e. The third kappa shape index (κ3) is 4.01. The molecule has 2 aromatic carbocycles. The second-order valence-corrected chi connectivity index (χ2v) is 6.53. The van der Waals surface area contributed by atoms with Crippen LogP contribution in [0.25, 0.3) is 0 Å². The first-order valence-corrected chi connectivity index (χ1v) is 8.38. The molecular formula is C17H16IN3O2. The smallest absolute Gasteiger partial charge is 0.255 e. The van der Waals surface area contributed by atoms with E-state index in [1.54, 1.807) is 6.07 Å². The summed E-state index contributed by atoms with van der Waals surface area (Å²) >= 11 is 2.18. The van der Waals surface area contributed by atoms with Crippen LogP contribution in [0, 0.1) is 3.57 Å². The lowest BCUT2D eigenvalue weighted by Gasteiger charge is -2.28. The number of rotatable bonds is 3. The normalized spacial score (nSPS) is 14.3. The number of halogens is 1. The summed E-state index contributed by atoms with van der Waals surface area (Å²) < 4.78 is 1.02. The topological polar surface area (TPSA) is 61.4 Å². The van der Waals surface area contributed by atoms with E-state index in [1.807, 2.05) is 47.4 Å². The van der Waals surface area contributed by atoms with Crippen LogP contribution in [0.3, 0.4) is 0 Å². The highest BCUT2D eigenvalue weighted by Gasteiger charge is 2.16. The molecule has 1 aliphatic rings. The lowest BCUT2D eigenvalue weighted by Crippen LogP contribution is -2.47. The third-order valence-electron chi connectivity index (χ3n) is 3.62. The van der Waals surface area contributed by atoms with Crippen LogP contribution in [0.15, 0.2) is 48.5 Å². The molecule has 1 saturated heterocycles. The van der Waals surface area contributed by atoms with Crippen molar-refractivity contribution in [3.63, 3.8) is 0 Å². The van der Waals surface area contributed by atoms with Crippen LogP contribution in [-0.4, -0.2) is 31.4 Å². The van der Waals surface area contributed by atoms with Crippen LogP contribution in [0.4, 0.5) is 11.4 Å². The Morgan fingerprint density at radius 3 is 2.65 bits per heavy atom. The number of amides is 2. The highest BCUT2D eigenvalue weighted by molar-refractivity contribution is 14.1. The zero-order chi connectivity index (χ0) is 16.2. The number of hydrogen-bond donors (Lipinski definition) is 2. The minimum Gasteiger partial charge on any atom is -0.360 e. The van der Waals surface area contributed by atoms with Crippen LogP contribution in [0.5, 0.6) is 0 Å². The SMILES string of the molecule is O=C1CN(c2ccc(NC(=O)c3cccc(I)c3)cc2)CCN1. The quantitative estimate of drug-likeness (QED) is 0.749. The minimum atomic E-state index is -0.131. The summed E-state index contributed by atoms with van der Waals surface area (Å²) in [5, 5.41) is 5.69. The first-order chi connectivity index (χ1) is 11.1. The molecule has 1 heterocycles. The molecule has 0 radical (unpaired) electrons. The Morgan fingerprint density at radius 1 is 1.17 bits per heavy atom. The third-order valence-corrected chi connectivity index (χ3v) is 4.29. The van der Waals surface area contributed by atoms with Gasteiger partial charge >= 0.3 is 0 Å². The van der Waals surface area contributed by atoms with Crippen LogP contribution < -0.4 is 15.5 Å². The molecule has 2 N–H and O–H groups in total. The molecule has 0 saturated carbocycles. The summed E-state index contributed by atoms with van der Waals surface area (Å²) in [7, 11) is 0. The van der Waals surface area contributed by atoms with Gasteiger partial charge in [-0.15, -0.1) is 0 Å². The summed E-state index contributed by atoms with van der Waals surface area (Å²) in [6.45, 7) is 1.82. The predicted octanol–water partition coefficient (Wildman–Crippen LogP) is 2.48. The Morgan fingerprint density at radius 2 is 1.96 bits per heavy atom. The lowest BCUT2D eigenvalue weighted by atomic mass is 10.2. The van der Waals surface area contributed by atoms with E-state index in [0.29, 0.717) is 18.7 Å². The number of carbonyl (C=O) groups excluding carboxylic acids is 2. The maximum absolute atomic E-state index is 12.2. The molecule has 23 heavy (non-hydrogen) atoms. The molecule has 0 bridgehead atoms. The van der Waals surface area contributed by atoms with Gasteiger partial charge in [0.2, 0.25) is 5.91 Å². The Labute approximate surface area is 148 Å². The first-order valence-electron chi connectivity index (χ1n) is 7.30. The van der Waals surface area contributed by atoms with Crippen molar-refractivity contribution in [2.45, 2.75) is 0 Å². The Kier molecular flexibility index (Phi) is 4.80. The van der Waals surface area contributed by atoms with Gasteiger partial charge in [0.25, 0.3) is 5.91 Å². The summed E-state index contributed by atoms with van der Waals surface area (Å²) in [6.07, 6.45) is 0. The van der Waals surface area contributed by atoms with Crippen molar-refractivity contribution in [3.8, 4) is 0 Å².